The highest BCUT2D eigenvalue weighted by molar-refractivity contribution is 5.72. The monoisotopic (exact) mass is 218 g/mol. The SMILES string of the molecule is C[C@H]1CN(c2ncc3occc3n2)CCN1. The number of nitrogens with zero attached hydrogens (tertiary/aromatic N) is 3. The molecule has 5 nitrogen and oxygen atoms in total. The van der Waals surface area contributed by atoms with Crippen molar-refractivity contribution in [2.45, 2.75) is 13.0 Å². The summed E-state index contributed by atoms with van der Waals surface area (Å²) < 4.78 is 5.23. The van der Waals surface area contributed by atoms with Crippen molar-refractivity contribution >= 4 is 17.0 Å². The van der Waals surface area contributed by atoms with Crippen molar-refractivity contribution in [3.05, 3.63) is 18.5 Å². The summed E-state index contributed by atoms with van der Waals surface area (Å²) in [6.07, 6.45) is 3.38. The summed E-state index contributed by atoms with van der Waals surface area (Å²) in [7, 11) is 0. The molecule has 84 valence electrons. The van der Waals surface area contributed by atoms with Gasteiger partial charge in [0, 0.05) is 31.7 Å². The van der Waals surface area contributed by atoms with E-state index in [-0.39, 0.29) is 0 Å². The maximum absolute atomic E-state index is 5.23. The van der Waals surface area contributed by atoms with Crippen molar-refractivity contribution in [1.82, 2.24) is 15.3 Å². The van der Waals surface area contributed by atoms with Gasteiger partial charge in [-0.1, -0.05) is 0 Å². The van der Waals surface area contributed by atoms with Gasteiger partial charge in [-0.25, -0.2) is 9.97 Å². The van der Waals surface area contributed by atoms with Gasteiger partial charge in [0.15, 0.2) is 5.58 Å². The molecule has 1 aliphatic heterocycles. The third-order valence-electron chi connectivity index (χ3n) is 2.84. The smallest absolute Gasteiger partial charge is 0.226 e. The second-order valence-corrected chi connectivity index (χ2v) is 4.14. The highest BCUT2D eigenvalue weighted by atomic mass is 16.3. The van der Waals surface area contributed by atoms with Crippen LogP contribution in [0, 0.1) is 0 Å². The molecule has 0 radical (unpaired) electrons. The second-order valence-electron chi connectivity index (χ2n) is 4.14. The van der Waals surface area contributed by atoms with Gasteiger partial charge in [-0.2, -0.15) is 0 Å². The van der Waals surface area contributed by atoms with Crippen LogP contribution in [0.4, 0.5) is 5.95 Å². The van der Waals surface area contributed by atoms with Crippen LogP contribution in [0.2, 0.25) is 0 Å². The molecule has 1 saturated heterocycles. The summed E-state index contributed by atoms with van der Waals surface area (Å²) in [5.74, 6) is 0.794. The van der Waals surface area contributed by atoms with Crippen LogP contribution in [0.5, 0.6) is 0 Å². The zero-order valence-electron chi connectivity index (χ0n) is 9.18. The lowest BCUT2D eigenvalue weighted by Gasteiger charge is -2.31. The Bertz CT molecular complexity index is 495. The van der Waals surface area contributed by atoms with Gasteiger partial charge in [0.25, 0.3) is 0 Å². The van der Waals surface area contributed by atoms with Gasteiger partial charge in [0.2, 0.25) is 5.95 Å². The zero-order valence-corrected chi connectivity index (χ0v) is 9.18. The van der Waals surface area contributed by atoms with Crippen molar-refractivity contribution in [3.8, 4) is 0 Å². The number of piperazine rings is 1. The summed E-state index contributed by atoms with van der Waals surface area (Å²) >= 11 is 0. The first kappa shape index (κ1) is 9.59. The molecule has 0 saturated carbocycles. The Balaban J connectivity index is 1.92. The molecule has 0 amide bonds. The maximum Gasteiger partial charge on any atom is 0.226 e. The van der Waals surface area contributed by atoms with Gasteiger partial charge in [-0.3, -0.25) is 0 Å². The Hall–Kier alpha value is -1.62. The topological polar surface area (TPSA) is 54.2 Å². The molecule has 2 aromatic rings. The van der Waals surface area contributed by atoms with Crippen LogP contribution in [0.1, 0.15) is 6.92 Å². The minimum atomic E-state index is 0.484. The maximum atomic E-state index is 5.23. The molecule has 0 unspecified atom stereocenters. The molecule has 5 heteroatoms. The highest BCUT2D eigenvalue weighted by Crippen LogP contribution is 2.16. The number of furan rings is 1. The Labute approximate surface area is 93.5 Å². The van der Waals surface area contributed by atoms with Crippen LogP contribution in [0.3, 0.4) is 0 Å². The first-order valence-electron chi connectivity index (χ1n) is 5.51. The molecule has 0 spiro atoms. The third kappa shape index (κ3) is 1.63. The van der Waals surface area contributed by atoms with Gasteiger partial charge in [0.05, 0.1) is 12.5 Å². The molecule has 1 fully saturated rings. The van der Waals surface area contributed by atoms with E-state index in [1.807, 2.05) is 6.07 Å². The van der Waals surface area contributed by atoms with Crippen LogP contribution < -0.4 is 10.2 Å². The van der Waals surface area contributed by atoms with E-state index in [0.717, 1.165) is 36.7 Å². The van der Waals surface area contributed by atoms with Crippen LogP contribution in [-0.2, 0) is 0 Å². The molecule has 3 rings (SSSR count). The van der Waals surface area contributed by atoms with Crippen LogP contribution in [0.25, 0.3) is 11.1 Å². The van der Waals surface area contributed by atoms with Gasteiger partial charge in [-0.15, -0.1) is 0 Å². The first-order valence-corrected chi connectivity index (χ1v) is 5.51. The third-order valence-corrected chi connectivity index (χ3v) is 2.84. The number of fused-ring (bicyclic) bond motifs is 1. The van der Waals surface area contributed by atoms with E-state index in [4.69, 9.17) is 4.42 Å². The van der Waals surface area contributed by atoms with Crippen molar-refractivity contribution < 1.29 is 4.42 Å². The fourth-order valence-corrected chi connectivity index (χ4v) is 2.02. The molecule has 1 aliphatic rings. The van der Waals surface area contributed by atoms with E-state index in [0.29, 0.717) is 6.04 Å². The molecule has 0 aliphatic carbocycles. The van der Waals surface area contributed by atoms with Gasteiger partial charge >= 0.3 is 0 Å². The fraction of sp³-hybridized carbons (Fsp3) is 0.455. The average Bonchev–Trinajstić information content (AvgIpc) is 2.75. The predicted octanol–water partition coefficient (Wildman–Crippen LogP) is 1.02. The van der Waals surface area contributed by atoms with Crippen molar-refractivity contribution in [2.75, 3.05) is 24.5 Å². The molecule has 0 bridgehead atoms. The molecule has 16 heavy (non-hydrogen) atoms. The number of anilines is 1. The number of hydrogen-bond acceptors (Lipinski definition) is 5. The molecule has 2 aromatic heterocycles. The molecular weight excluding hydrogens is 204 g/mol. The van der Waals surface area contributed by atoms with Gasteiger partial charge in [-0.05, 0) is 6.92 Å². The van der Waals surface area contributed by atoms with E-state index in [1.54, 1.807) is 12.5 Å². The summed E-state index contributed by atoms with van der Waals surface area (Å²) in [5.41, 5.74) is 1.61. The van der Waals surface area contributed by atoms with E-state index < -0.39 is 0 Å². The molecule has 1 N–H and O–H groups in total. The van der Waals surface area contributed by atoms with E-state index in [2.05, 4.69) is 27.1 Å². The lowest BCUT2D eigenvalue weighted by Crippen LogP contribution is -2.49. The van der Waals surface area contributed by atoms with Gasteiger partial charge < -0.3 is 14.6 Å². The fourth-order valence-electron chi connectivity index (χ4n) is 2.02. The predicted molar refractivity (Wildman–Crippen MR) is 61.5 cm³/mol. The summed E-state index contributed by atoms with van der Waals surface area (Å²) in [6.45, 7) is 5.05. The second kappa shape index (κ2) is 3.75. The quantitative estimate of drug-likeness (QED) is 0.774. The van der Waals surface area contributed by atoms with E-state index in [1.165, 1.54) is 0 Å². The van der Waals surface area contributed by atoms with Crippen molar-refractivity contribution in [3.63, 3.8) is 0 Å². The zero-order chi connectivity index (χ0) is 11.0. The number of nitrogens with one attached hydrogen (secondary N) is 1. The largest absolute Gasteiger partial charge is 0.461 e. The summed E-state index contributed by atoms with van der Waals surface area (Å²) in [4.78, 5) is 11.0. The summed E-state index contributed by atoms with van der Waals surface area (Å²) in [5, 5.41) is 3.40. The first-order chi connectivity index (χ1) is 7.83. The lowest BCUT2D eigenvalue weighted by molar-refractivity contribution is 0.479. The average molecular weight is 218 g/mol. The number of rotatable bonds is 1. The normalized spacial score (nSPS) is 21.6. The Morgan fingerprint density at radius 2 is 2.50 bits per heavy atom. The Kier molecular flexibility index (Phi) is 2.25. The van der Waals surface area contributed by atoms with Gasteiger partial charge in [0.1, 0.15) is 5.52 Å². The number of aromatic nitrogens is 2. The molecule has 0 aromatic carbocycles. The van der Waals surface area contributed by atoms with Crippen molar-refractivity contribution in [2.24, 2.45) is 0 Å². The van der Waals surface area contributed by atoms with E-state index in [9.17, 15) is 0 Å². The van der Waals surface area contributed by atoms with Crippen LogP contribution in [0.15, 0.2) is 22.9 Å². The Morgan fingerprint density at radius 1 is 1.56 bits per heavy atom. The number of hydrogen-bond donors (Lipinski definition) is 1. The molecular formula is C11H14N4O. The molecule has 1 atom stereocenters. The standard InChI is InChI=1S/C11H14N4O/c1-8-7-15(4-3-12-8)11-13-6-10-9(14-11)2-5-16-10/h2,5-6,8,12H,3-4,7H2,1H3/t8-/m0/s1. The molecule has 3 heterocycles. The van der Waals surface area contributed by atoms with Crippen LogP contribution in [-0.4, -0.2) is 35.6 Å². The van der Waals surface area contributed by atoms with Crippen LogP contribution >= 0.6 is 0 Å². The van der Waals surface area contributed by atoms with Crippen molar-refractivity contribution in [1.29, 1.82) is 0 Å². The minimum absolute atomic E-state index is 0.484. The highest BCUT2D eigenvalue weighted by Gasteiger charge is 2.18. The van der Waals surface area contributed by atoms with E-state index >= 15 is 0 Å². The lowest BCUT2D eigenvalue weighted by atomic mass is 10.2. The Morgan fingerprint density at radius 3 is 3.38 bits per heavy atom. The minimum Gasteiger partial charge on any atom is -0.461 e. The summed E-state index contributed by atoms with van der Waals surface area (Å²) in [6, 6.07) is 2.35.